The zero-order chi connectivity index (χ0) is 19.1. The van der Waals surface area contributed by atoms with Crippen molar-refractivity contribution in [2.45, 2.75) is 12.5 Å². The van der Waals surface area contributed by atoms with Crippen LogP contribution in [-0.2, 0) is 14.1 Å². The predicted molar refractivity (Wildman–Crippen MR) is 110 cm³/mol. The maximum atomic E-state index is 4.92. The Bertz CT molecular complexity index is 1140. The molecule has 1 aromatic carbocycles. The number of aromatic nitrogens is 5. The topological polar surface area (TPSA) is 64.1 Å². The average Bonchev–Trinajstić information content (AvgIpc) is 3.48. The van der Waals surface area contributed by atoms with Crippen LogP contribution in [0.1, 0.15) is 23.6 Å². The molecular weight excluding hydrogens is 370 g/mol. The van der Waals surface area contributed by atoms with Crippen molar-refractivity contribution < 1.29 is 0 Å². The van der Waals surface area contributed by atoms with Gasteiger partial charge in [0.25, 0.3) is 0 Å². The number of hydrogen-bond acceptors (Lipinski definition) is 6. The molecule has 0 amide bonds. The van der Waals surface area contributed by atoms with Crippen molar-refractivity contribution in [3.05, 3.63) is 71.6 Å². The van der Waals surface area contributed by atoms with Crippen LogP contribution in [0.15, 0.2) is 65.6 Å². The number of aryl methyl sites for hydroxylation is 2. The largest absolute Gasteiger partial charge is 0.275 e. The molecule has 0 radical (unpaired) electrons. The first-order valence-corrected chi connectivity index (χ1v) is 9.90. The molecule has 1 aliphatic heterocycles. The summed E-state index contributed by atoms with van der Waals surface area (Å²) in [6.45, 7) is 0. The van der Waals surface area contributed by atoms with Gasteiger partial charge in [0.05, 0.1) is 29.8 Å². The Morgan fingerprint density at radius 2 is 1.75 bits per heavy atom. The third-order valence-electron chi connectivity index (χ3n) is 4.82. The van der Waals surface area contributed by atoms with Gasteiger partial charge in [0.2, 0.25) is 5.13 Å². The lowest BCUT2D eigenvalue weighted by Gasteiger charge is -2.19. The van der Waals surface area contributed by atoms with Crippen LogP contribution in [0.25, 0.3) is 11.3 Å². The molecule has 3 aromatic heterocycles. The summed E-state index contributed by atoms with van der Waals surface area (Å²) in [5, 5.41) is 18.6. The van der Waals surface area contributed by atoms with Crippen LogP contribution in [0.4, 0.5) is 5.13 Å². The summed E-state index contributed by atoms with van der Waals surface area (Å²) in [6.07, 6.45) is 8.60. The van der Waals surface area contributed by atoms with Gasteiger partial charge in [-0.25, -0.2) is 9.99 Å². The standard InChI is InChI=1S/C20H19N7S/c1-25-11-15(9-21-25)17-8-19(16-10-22-26(2)12-16)27(24-17)20-23-18(13-28-20)14-6-4-3-5-7-14/h3-7,9-13,19H,8H2,1-2H3. The van der Waals surface area contributed by atoms with Gasteiger partial charge in [0.15, 0.2) is 0 Å². The highest BCUT2D eigenvalue weighted by atomic mass is 32.1. The van der Waals surface area contributed by atoms with Crippen molar-refractivity contribution in [3.8, 4) is 11.3 Å². The van der Waals surface area contributed by atoms with Gasteiger partial charge in [0, 0.05) is 55.0 Å². The molecule has 1 aliphatic rings. The summed E-state index contributed by atoms with van der Waals surface area (Å²) in [4.78, 5) is 4.87. The van der Waals surface area contributed by atoms with E-state index < -0.39 is 0 Å². The molecule has 0 aliphatic carbocycles. The second kappa shape index (κ2) is 6.72. The van der Waals surface area contributed by atoms with E-state index in [2.05, 4.69) is 27.7 Å². The molecule has 0 spiro atoms. The summed E-state index contributed by atoms with van der Waals surface area (Å²) < 4.78 is 3.63. The van der Waals surface area contributed by atoms with E-state index in [1.165, 1.54) is 0 Å². The molecule has 4 heterocycles. The van der Waals surface area contributed by atoms with Crippen LogP contribution >= 0.6 is 11.3 Å². The molecule has 1 unspecified atom stereocenters. The first-order valence-electron chi connectivity index (χ1n) is 9.02. The van der Waals surface area contributed by atoms with E-state index in [-0.39, 0.29) is 6.04 Å². The van der Waals surface area contributed by atoms with Gasteiger partial charge in [-0.3, -0.25) is 9.36 Å². The van der Waals surface area contributed by atoms with Crippen molar-refractivity contribution in [3.63, 3.8) is 0 Å². The predicted octanol–water partition coefficient (Wildman–Crippen LogP) is 3.63. The summed E-state index contributed by atoms with van der Waals surface area (Å²) >= 11 is 1.61. The lowest BCUT2D eigenvalue weighted by atomic mass is 10.0. The number of nitrogens with zero attached hydrogens (tertiary/aromatic N) is 7. The van der Waals surface area contributed by atoms with E-state index in [4.69, 9.17) is 10.1 Å². The Morgan fingerprint density at radius 3 is 2.46 bits per heavy atom. The Hall–Kier alpha value is -3.26. The molecular formula is C20H19N7S. The number of anilines is 1. The molecule has 4 aromatic rings. The number of thiazole rings is 1. The molecule has 0 N–H and O–H groups in total. The van der Waals surface area contributed by atoms with Crippen LogP contribution in [0.5, 0.6) is 0 Å². The third-order valence-corrected chi connectivity index (χ3v) is 5.65. The van der Waals surface area contributed by atoms with E-state index in [1.807, 2.05) is 66.8 Å². The van der Waals surface area contributed by atoms with Gasteiger partial charge in [-0.2, -0.15) is 15.3 Å². The molecule has 1 atom stereocenters. The zero-order valence-corrected chi connectivity index (χ0v) is 16.4. The molecule has 28 heavy (non-hydrogen) atoms. The van der Waals surface area contributed by atoms with E-state index in [1.54, 1.807) is 16.0 Å². The minimum atomic E-state index is 0.0682. The summed E-state index contributed by atoms with van der Waals surface area (Å²) in [5.41, 5.74) is 5.26. The van der Waals surface area contributed by atoms with Gasteiger partial charge >= 0.3 is 0 Å². The van der Waals surface area contributed by atoms with Gasteiger partial charge < -0.3 is 0 Å². The highest BCUT2D eigenvalue weighted by molar-refractivity contribution is 7.14. The first kappa shape index (κ1) is 16.9. The van der Waals surface area contributed by atoms with Crippen LogP contribution < -0.4 is 5.01 Å². The Kier molecular flexibility index (Phi) is 4.05. The quantitative estimate of drug-likeness (QED) is 0.535. The summed E-state index contributed by atoms with van der Waals surface area (Å²) in [7, 11) is 3.85. The second-order valence-electron chi connectivity index (χ2n) is 6.84. The van der Waals surface area contributed by atoms with Crippen molar-refractivity contribution in [1.29, 1.82) is 0 Å². The fraction of sp³-hybridized carbons (Fsp3) is 0.200. The fourth-order valence-corrected chi connectivity index (χ4v) is 4.25. The molecule has 7 nitrogen and oxygen atoms in total. The van der Waals surface area contributed by atoms with E-state index >= 15 is 0 Å². The minimum absolute atomic E-state index is 0.0682. The SMILES string of the molecule is Cn1cc(C2=NN(c3nc(-c4ccccc4)cs3)C(c3cnn(C)c3)C2)cn1. The fourth-order valence-electron chi connectivity index (χ4n) is 3.41. The molecule has 0 fully saturated rings. The smallest absolute Gasteiger partial charge is 0.207 e. The third kappa shape index (κ3) is 3.01. The van der Waals surface area contributed by atoms with E-state index in [9.17, 15) is 0 Å². The number of hydrazone groups is 1. The van der Waals surface area contributed by atoms with Crippen LogP contribution in [0.2, 0.25) is 0 Å². The Balaban J connectivity index is 1.53. The zero-order valence-electron chi connectivity index (χ0n) is 15.6. The van der Waals surface area contributed by atoms with E-state index in [0.717, 1.165) is 39.6 Å². The maximum Gasteiger partial charge on any atom is 0.207 e. The van der Waals surface area contributed by atoms with Gasteiger partial charge in [0.1, 0.15) is 0 Å². The normalized spacial score (nSPS) is 16.6. The molecule has 5 rings (SSSR count). The Labute approximate surface area is 166 Å². The lowest BCUT2D eigenvalue weighted by Crippen LogP contribution is -2.18. The summed E-state index contributed by atoms with van der Waals surface area (Å²) in [6, 6.07) is 10.3. The molecule has 0 saturated heterocycles. The monoisotopic (exact) mass is 389 g/mol. The first-order chi connectivity index (χ1) is 13.7. The maximum absolute atomic E-state index is 4.92. The van der Waals surface area contributed by atoms with Crippen molar-refractivity contribution in [2.75, 3.05) is 5.01 Å². The van der Waals surface area contributed by atoms with Crippen molar-refractivity contribution in [2.24, 2.45) is 19.2 Å². The van der Waals surface area contributed by atoms with Gasteiger partial charge in [-0.1, -0.05) is 30.3 Å². The highest BCUT2D eigenvalue weighted by Gasteiger charge is 2.33. The number of benzene rings is 1. The second-order valence-corrected chi connectivity index (χ2v) is 7.68. The van der Waals surface area contributed by atoms with Gasteiger partial charge in [-0.05, 0) is 0 Å². The lowest BCUT2D eigenvalue weighted by molar-refractivity contribution is 0.703. The van der Waals surface area contributed by atoms with Crippen LogP contribution in [0, 0.1) is 0 Å². The minimum Gasteiger partial charge on any atom is -0.275 e. The molecule has 140 valence electrons. The molecule has 0 saturated carbocycles. The molecule has 0 bridgehead atoms. The molecule has 8 heteroatoms. The highest BCUT2D eigenvalue weighted by Crippen LogP contribution is 2.39. The average molecular weight is 389 g/mol. The number of hydrogen-bond donors (Lipinski definition) is 0. The summed E-state index contributed by atoms with van der Waals surface area (Å²) in [5.74, 6) is 0. The van der Waals surface area contributed by atoms with Crippen molar-refractivity contribution in [1.82, 2.24) is 24.5 Å². The Morgan fingerprint density at radius 1 is 0.964 bits per heavy atom. The van der Waals surface area contributed by atoms with Crippen LogP contribution in [0.3, 0.4) is 0 Å². The number of rotatable bonds is 4. The van der Waals surface area contributed by atoms with E-state index in [0.29, 0.717) is 0 Å². The van der Waals surface area contributed by atoms with Gasteiger partial charge in [-0.15, -0.1) is 11.3 Å². The van der Waals surface area contributed by atoms with Crippen molar-refractivity contribution >= 4 is 22.2 Å². The van der Waals surface area contributed by atoms with Crippen LogP contribution in [-0.4, -0.2) is 30.3 Å².